The molecule has 0 spiro atoms. The summed E-state index contributed by atoms with van der Waals surface area (Å²) >= 11 is 7.63. The van der Waals surface area contributed by atoms with Crippen molar-refractivity contribution in [3.8, 4) is 0 Å². The van der Waals surface area contributed by atoms with Gasteiger partial charge in [-0.3, -0.25) is 11.3 Å². The molecule has 2 nitrogen and oxygen atoms in total. The fraction of sp³-hybridized carbons (Fsp3) is 0.333. The van der Waals surface area contributed by atoms with E-state index in [0.717, 1.165) is 23.6 Å². The largest absolute Gasteiger partial charge is 0.271 e. The lowest BCUT2D eigenvalue weighted by atomic mass is 9.94. The Kier molecular flexibility index (Phi) is 3.89. The van der Waals surface area contributed by atoms with Crippen LogP contribution < -0.4 is 11.3 Å². The Morgan fingerprint density at radius 3 is 2.42 bits per heavy atom. The van der Waals surface area contributed by atoms with Crippen molar-refractivity contribution in [1.29, 1.82) is 0 Å². The average molecular weight is 293 g/mol. The van der Waals surface area contributed by atoms with Gasteiger partial charge in [-0.25, -0.2) is 0 Å². The smallest absolute Gasteiger partial charge is 0.0931 e. The van der Waals surface area contributed by atoms with Crippen LogP contribution >= 0.6 is 22.9 Å². The molecular weight excluding hydrogens is 276 g/mol. The van der Waals surface area contributed by atoms with Crippen LogP contribution in [0.3, 0.4) is 0 Å². The summed E-state index contributed by atoms with van der Waals surface area (Å²) in [6.45, 7) is 0. The predicted molar refractivity (Wildman–Crippen MR) is 81.5 cm³/mol. The van der Waals surface area contributed by atoms with Gasteiger partial charge in [0.2, 0.25) is 0 Å². The summed E-state index contributed by atoms with van der Waals surface area (Å²) in [4.78, 5) is 1.30. The first-order chi connectivity index (χ1) is 9.26. The second-order valence-electron chi connectivity index (χ2n) is 5.12. The molecule has 0 saturated heterocycles. The first-order valence-electron chi connectivity index (χ1n) is 6.53. The van der Waals surface area contributed by atoms with Crippen molar-refractivity contribution >= 4 is 22.9 Å². The van der Waals surface area contributed by atoms with E-state index in [1.807, 2.05) is 6.07 Å². The van der Waals surface area contributed by atoms with Gasteiger partial charge < -0.3 is 0 Å². The summed E-state index contributed by atoms with van der Waals surface area (Å²) in [5.41, 5.74) is 5.94. The first-order valence-corrected chi connectivity index (χ1v) is 7.73. The number of benzene rings is 1. The number of hydrazine groups is 1. The summed E-state index contributed by atoms with van der Waals surface area (Å²) in [5, 5.41) is 0. The molecule has 1 aliphatic carbocycles. The van der Waals surface area contributed by atoms with Gasteiger partial charge in [0.15, 0.2) is 0 Å². The van der Waals surface area contributed by atoms with Gasteiger partial charge in [0.1, 0.15) is 0 Å². The number of halogens is 1. The van der Waals surface area contributed by atoms with Gasteiger partial charge in [-0.2, -0.15) is 0 Å². The lowest BCUT2D eigenvalue weighted by Crippen LogP contribution is -2.42. The molecule has 1 aromatic heterocycles. The van der Waals surface area contributed by atoms with Gasteiger partial charge in [0.25, 0.3) is 0 Å². The molecule has 4 heteroatoms. The molecular formula is C15H17ClN2S. The summed E-state index contributed by atoms with van der Waals surface area (Å²) in [7, 11) is 0. The van der Waals surface area contributed by atoms with E-state index in [-0.39, 0.29) is 0 Å². The van der Waals surface area contributed by atoms with Crippen molar-refractivity contribution in [2.75, 3.05) is 0 Å². The molecule has 1 atom stereocenters. The van der Waals surface area contributed by atoms with Gasteiger partial charge in [-0.15, -0.1) is 11.3 Å². The van der Waals surface area contributed by atoms with Crippen molar-refractivity contribution < 1.29 is 0 Å². The maximum absolute atomic E-state index is 5.99. The van der Waals surface area contributed by atoms with Crippen LogP contribution in [0, 0.1) is 5.92 Å². The van der Waals surface area contributed by atoms with E-state index in [0.29, 0.717) is 12.0 Å². The number of rotatable bonds is 4. The molecule has 1 aromatic carbocycles. The van der Waals surface area contributed by atoms with E-state index < -0.39 is 0 Å². The average Bonchev–Trinajstić information content (AvgIpc) is 3.01. The van der Waals surface area contributed by atoms with Crippen molar-refractivity contribution in [3.05, 3.63) is 56.7 Å². The Morgan fingerprint density at radius 2 is 1.89 bits per heavy atom. The number of hydrogen-bond acceptors (Lipinski definition) is 3. The topological polar surface area (TPSA) is 38.0 Å². The standard InChI is InChI=1S/C15H17ClN2S/c16-15-6-5-13(19-15)9-14(18-17)12-7-10-3-1-2-4-11(10)8-12/h1-6,12,14,18H,7-9,17H2. The SMILES string of the molecule is NNC(Cc1ccc(Cl)s1)C1Cc2ccccc2C1. The lowest BCUT2D eigenvalue weighted by molar-refractivity contribution is 0.368. The lowest BCUT2D eigenvalue weighted by Gasteiger charge is -2.21. The number of fused-ring (bicyclic) bond motifs is 1. The maximum atomic E-state index is 5.99. The van der Waals surface area contributed by atoms with E-state index in [2.05, 4.69) is 35.8 Å². The molecule has 3 N–H and O–H groups in total. The summed E-state index contributed by atoms with van der Waals surface area (Å²) in [5.74, 6) is 6.34. The number of thiophene rings is 1. The van der Waals surface area contributed by atoms with Crippen LogP contribution in [0.5, 0.6) is 0 Å². The number of hydrogen-bond donors (Lipinski definition) is 2. The van der Waals surface area contributed by atoms with E-state index in [9.17, 15) is 0 Å². The van der Waals surface area contributed by atoms with Crippen molar-refractivity contribution in [2.45, 2.75) is 25.3 Å². The molecule has 1 heterocycles. The molecule has 0 amide bonds. The molecule has 100 valence electrons. The van der Waals surface area contributed by atoms with Crippen molar-refractivity contribution in [3.63, 3.8) is 0 Å². The monoisotopic (exact) mass is 292 g/mol. The Labute approximate surface area is 122 Å². The van der Waals surface area contributed by atoms with E-state index in [1.165, 1.54) is 16.0 Å². The third-order valence-electron chi connectivity index (χ3n) is 3.92. The second-order valence-corrected chi connectivity index (χ2v) is 6.92. The minimum absolute atomic E-state index is 0.308. The molecule has 2 aromatic rings. The molecule has 0 fully saturated rings. The summed E-state index contributed by atoms with van der Waals surface area (Å²) in [6.07, 6.45) is 3.18. The molecule has 1 unspecified atom stereocenters. The predicted octanol–water partition coefficient (Wildman–Crippen LogP) is 3.19. The fourth-order valence-electron chi connectivity index (χ4n) is 2.92. The minimum atomic E-state index is 0.308. The molecule has 0 saturated carbocycles. The Bertz CT molecular complexity index is 542. The van der Waals surface area contributed by atoms with E-state index in [1.54, 1.807) is 11.3 Å². The van der Waals surface area contributed by atoms with E-state index in [4.69, 9.17) is 17.4 Å². The highest BCUT2D eigenvalue weighted by molar-refractivity contribution is 7.16. The van der Waals surface area contributed by atoms with Crippen LogP contribution in [0.1, 0.15) is 16.0 Å². The molecule has 19 heavy (non-hydrogen) atoms. The molecule has 3 rings (SSSR count). The zero-order chi connectivity index (χ0) is 13.2. The maximum Gasteiger partial charge on any atom is 0.0931 e. The third-order valence-corrected chi connectivity index (χ3v) is 5.17. The summed E-state index contributed by atoms with van der Waals surface area (Å²) in [6, 6.07) is 13.0. The number of nitrogens with two attached hydrogens (primary N) is 1. The van der Waals surface area contributed by atoms with Crippen LogP contribution in [0.4, 0.5) is 0 Å². The van der Waals surface area contributed by atoms with Crippen LogP contribution in [-0.4, -0.2) is 6.04 Å². The molecule has 0 bridgehead atoms. The number of nitrogens with one attached hydrogen (secondary N) is 1. The van der Waals surface area contributed by atoms with Gasteiger partial charge in [0.05, 0.1) is 4.34 Å². The summed E-state index contributed by atoms with van der Waals surface area (Å²) < 4.78 is 0.848. The van der Waals surface area contributed by atoms with Gasteiger partial charge in [0, 0.05) is 10.9 Å². The zero-order valence-corrected chi connectivity index (χ0v) is 12.2. The Hall–Kier alpha value is -0.870. The highest BCUT2D eigenvalue weighted by Gasteiger charge is 2.28. The van der Waals surface area contributed by atoms with Crippen LogP contribution in [0.15, 0.2) is 36.4 Å². The van der Waals surface area contributed by atoms with Crippen molar-refractivity contribution in [1.82, 2.24) is 5.43 Å². The van der Waals surface area contributed by atoms with Crippen LogP contribution in [0.2, 0.25) is 4.34 Å². The van der Waals surface area contributed by atoms with Gasteiger partial charge in [-0.05, 0) is 48.4 Å². The molecule has 0 radical (unpaired) electrons. The second kappa shape index (κ2) is 5.63. The molecule has 0 aliphatic heterocycles. The van der Waals surface area contributed by atoms with Crippen LogP contribution in [0.25, 0.3) is 0 Å². The Morgan fingerprint density at radius 1 is 1.21 bits per heavy atom. The van der Waals surface area contributed by atoms with Crippen LogP contribution in [-0.2, 0) is 19.3 Å². The normalized spacial score (nSPS) is 16.5. The van der Waals surface area contributed by atoms with Gasteiger partial charge >= 0.3 is 0 Å². The highest BCUT2D eigenvalue weighted by atomic mass is 35.5. The Balaban J connectivity index is 1.71. The van der Waals surface area contributed by atoms with E-state index >= 15 is 0 Å². The highest BCUT2D eigenvalue weighted by Crippen LogP contribution is 2.31. The molecule has 1 aliphatic rings. The first kappa shape index (κ1) is 13.1. The minimum Gasteiger partial charge on any atom is -0.271 e. The quantitative estimate of drug-likeness (QED) is 0.671. The van der Waals surface area contributed by atoms with Crippen molar-refractivity contribution in [2.24, 2.45) is 11.8 Å². The zero-order valence-electron chi connectivity index (χ0n) is 10.6. The third kappa shape index (κ3) is 2.84. The van der Waals surface area contributed by atoms with Gasteiger partial charge in [-0.1, -0.05) is 35.9 Å². The fourth-order valence-corrected chi connectivity index (χ4v) is 4.06.